The number of ether oxygens (including phenoxy) is 2. The summed E-state index contributed by atoms with van der Waals surface area (Å²) in [6.07, 6.45) is 19.0. The van der Waals surface area contributed by atoms with Crippen molar-refractivity contribution in [1.29, 1.82) is 0 Å². The lowest BCUT2D eigenvalue weighted by atomic mass is 9.72. The second-order valence-electron chi connectivity index (χ2n) is 8.83. The second-order valence-corrected chi connectivity index (χ2v) is 8.83. The summed E-state index contributed by atoms with van der Waals surface area (Å²) in [6, 6.07) is 0. The summed E-state index contributed by atoms with van der Waals surface area (Å²) in [6.45, 7) is 12.9. The molecular weight excluding hydrogens is 372 g/mol. The Bertz CT molecular complexity index is 770. The van der Waals surface area contributed by atoms with E-state index in [0.29, 0.717) is 12.0 Å². The van der Waals surface area contributed by atoms with Crippen LogP contribution in [0, 0.1) is 5.41 Å². The fourth-order valence-electron chi connectivity index (χ4n) is 3.75. The maximum Gasteiger partial charge on any atom is 0.333 e. The minimum Gasteiger partial charge on any atom is -0.466 e. The SMILES string of the molecule is COC(=O)/C(C)=C\CC(/C=C(C)/C=C/C=C(C)/C=C/C1=C(C)CCCC1(C)C)OC. The number of carbonyl (C=O) groups is 1. The van der Waals surface area contributed by atoms with E-state index in [1.54, 1.807) is 14.0 Å². The zero-order chi connectivity index (χ0) is 22.7. The molecule has 1 rings (SSSR count). The first kappa shape index (κ1) is 25.9. The summed E-state index contributed by atoms with van der Waals surface area (Å²) in [4.78, 5) is 11.5. The minimum atomic E-state index is -0.304. The Morgan fingerprint density at radius 2 is 1.83 bits per heavy atom. The van der Waals surface area contributed by atoms with Crippen LogP contribution in [0.5, 0.6) is 0 Å². The first-order chi connectivity index (χ1) is 14.1. The Morgan fingerprint density at radius 3 is 2.43 bits per heavy atom. The van der Waals surface area contributed by atoms with Crippen LogP contribution in [0.2, 0.25) is 0 Å². The molecule has 0 N–H and O–H groups in total. The topological polar surface area (TPSA) is 35.5 Å². The van der Waals surface area contributed by atoms with E-state index in [2.05, 4.69) is 71.1 Å². The third kappa shape index (κ3) is 8.71. The summed E-state index contributed by atoms with van der Waals surface area (Å²) in [5, 5.41) is 0. The van der Waals surface area contributed by atoms with Gasteiger partial charge in [0.15, 0.2) is 0 Å². The number of carbonyl (C=O) groups excluding carboxylic acids is 1. The molecular formula is C27H40O3. The standard InChI is InChI=1S/C27H40O3/c1-20(14-17-25-22(3)13-10-18-27(25,5)6)11-9-12-21(2)19-24(29-7)16-15-23(4)26(28)30-8/h9,11-12,14-15,17,19,24H,10,13,16,18H2,1-8H3/b12-9+,17-14+,20-11+,21-19+,23-15-. The van der Waals surface area contributed by atoms with Gasteiger partial charge in [0.25, 0.3) is 0 Å². The van der Waals surface area contributed by atoms with E-state index in [-0.39, 0.29) is 17.5 Å². The van der Waals surface area contributed by atoms with Gasteiger partial charge in [-0.15, -0.1) is 0 Å². The van der Waals surface area contributed by atoms with Crippen molar-refractivity contribution < 1.29 is 14.3 Å². The van der Waals surface area contributed by atoms with Gasteiger partial charge in [-0.05, 0) is 64.4 Å². The molecule has 0 fully saturated rings. The van der Waals surface area contributed by atoms with Crippen molar-refractivity contribution in [1.82, 2.24) is 0 Å². The molecule has 0 bridgehead atoms. The molecule has 1 aliphatic rings. The molecule has 0 saturated heterocycles. The molecule has 0 aromatic heterocycles. The van der Waals surface area contributed by atoms with Crippen LogP contribution in [-0.4, -0.2) is 26.3 Å². The molecule has 0 amide bonds. The van der Waals surface area contributed by atoms with Crippen LogP contribution in [-0.2, 0) is 14.3 Å². The summed E-state index contributed by atoms with van der Waals surface area (Å²) >= 11 is 0. The quantitative estimate of drug-likeness (QED) is 0.231. The lowest BCUT2D eigenvalue weighted by Crippen LogP contribution is -2.19. The van der Waals surface area contributed by atoms with Crippen LogP contribution in [0.15, 0.2) is 70.4 Å². The summed E-state index contributed by atoms with van der Waals surface area (Å²) < 4.78 is 10.2. The molecule has 1 atom stereocenters. The van der Waals surface area contributed by atoms with Crippen molar-refractivity contribution in [2.45, 2.75) is 73.3 Å². The number of esters is 1. The van der Waals surface area contributed by atoms with E-state index in [1.165, 1.54) is 43.1 Å². The van der Waals surface area contributed by atoms with E-state index in [9.17, 15) is 4.79 Å². The van der Waals surface area contributed by atoms with Gasteiger partial charge in [0.1, 0.15) is 0 Å². The Labute approximate surface area is 183 Å². The van der Waals surface area contributed by atoms with E-state index >= 15 is 0 Å². The highest BCUT2D eigenvalue weighted by molar-refractivity contribution is 5.87. The molecule has 1 aliphatic carbocycles. The van der Waals surface area contributed by atoms with Gasteiger partial charge in [0.2, 0.25) is 0 Å². The first-order valence-electron chi connectivity index (χ1n) is 10.8. The van der Waals surface area contributed by atoms with Gasteiger partial charge in [-0.3, -0.25) is 0 Å². The number of rotatable bonds is 9. The van der Waals surface area contributed by atoms with Crippen LogP contribution >= 0.6 is 0 Å². The summed E-state index contributed by atoms with van der Waals surface area (Å²) in [7, 11) is 3.07. The number of methoxy groups -OCH3 is 2. The number of hydrogen-bond acceptors (Lipinski definition) is 3. The molecule has 30 heavy (non-hydrogen) atoms. The second kappa shape index (κ2) is 12.5. The fourth-order valence-corrected chi connectivity index (χ4v) is 3.75. The minimum absolute atomic E-state index is 0.0809. The Kier molecular flexibility index (Phi) is 10.8. The predicted octanol–water partition coefficient (Wildman–Crippen LogP) is 7.04. The zero-order valence-corrected chi connectivity index (χ0v) is 20.2. The highest BCUT2D eigenvalue weighted by Crippen LogP contribution is 2.40. The normalized spacial score (nSPS) is 19.7. The zero-order valence-electron chi connectivity index (χ0n) is 20.2. The molecule has 1 unspecified atom stereocenters. The molecule has 0 saturated carbocycles. The Balaban J connectivity index is 2.75. The van der Waals surface area contributed by atoms with Gasteiger partial charge in [-0.25, -0.2) is 4.79 Å². The van der Waals surface area contributed by atoms with Crippen LogP contribution in [0.25, 0.3) is 0 Å². The van der Waals surface area contributed by atoms with Gasteiger partial charge in [0, 0.05) is 12.7 Å². The van der Waals surface area contributed by atoms with Crippen LogP contribution < -0.4 is 0 Å². The summed E-state index contributed by atoms with van der Waals surface area (Å²) in [5.74, 6) is -0.304. The number of allylic oxidation sites excluding steroid dienone is 9. The van der Waals surface area contributed by atoms with Crippen molar-refractivity contribution in [2.24, 2.45) is 5.41 Å². The monoisotopic (exact) mass is 412 g/mol. The highest BCUT2D eigenvalue weighted by Gasteiger charge is 2.26. The molecule has 3 heteroatoms. The number of hydrogen-bond donors (Lipinski definition) is 0. The van der Waals surface area contributed by atoms with E-state index in [0.717, 1.165) is 5.57 Å². The largest absolute Gasteiger partial charge is 0.466 e. The maximum absolute atomic E-state index is 11.5. The van der Waals surface area contributed by atoms with Crippen LogP contribution in [0.4, 0.5) is 0 Å². The fraction of sp³-hybridized carbons (Fsp3) is 0.519. The van der Waals surface area contributed by atoms with E-state index in [4.69, 9.17) is 9.47 Å². The van der Waals surface area contributed by atoms with Crippen molar-refractivity contribution in [3.8, 4) is 0 Å². The molecule has 0 aromatic carbocycles. The van der Waals surface area contributed by atoms with Crippen LogP contribution in [0.3, 0.4) is 0 Å². The molecule has 0 heterocycles. The van der Waals surface area contributed by atoms with Crippen molar-refractivity contribution in [2.75, 3.05) is 14.2 Å². The smallest absolute Gasteiger partial charge is 0.333 e. The van der Waals surface area contributed by atoms with Gasteiger partial charge in [-0.1, -0.05) is 73.1 Å². The molecule has 0 aliphatic heterocycles. The molecule has 166 valence electrons. The third-order valence-electron chi connectivity index (χ3n) is 5.69. The Hall–Kier alpha value is -2.13. The average Bonchev–Trinajstić information content (AvgIpc) is 2.69. The van der Waals surface area contributed by atoms with Crippen molar-refractivity contribution in [3.63, 3.8) is 0 Å². The predicted molar refractivity (Wildman–Crippen MR) is 127 cm³/mol. The van der Waals surface area contributed by atoms with E-state index in [1.807, 2.05) is 6.08 Å². The molecule has 0 radical (unpaired) electrons. The maximum atomic E-state index is 11.5. The molecule has 0 aromatic rings. The van der Waals surface area contributed by atoms with Gasteiger partial charge < -0.3 is 9.47 Å². The van der Waals surface area contributed by atoms with Gasteiger partial charge in [-0.2, -0.15) is 0 Å². The lowest BCUT2D eigenvalue weighted by molar-refractivity contribution is -0.136. The summed E-state index contributed by atoms with van der Waals surface area (Å²) in [5.41, 5.74) is 6.21. The Morgan fingerprint density at radius 1 is 1.13 bits per heavy atom. The lowest BCUT2D eigenvalue weighted by Gasteiger charge is -2.32. The molecule has 0 spiro atoms. The van der Waals surface area contributed by atoms with Crippen molar-refractivity contribution >= 4 is 5.97 Å². The van der Waals surface area contributed by atoms with E-state index < -0.39 is 0 Å². The average molecular weight is 413 g/mol. The molecule has 3 nitrogen and oxygen atoms in total. The third-order valence-corrected chi connectivity index (χ3v) is 5.69. The van der Waals surface area contributed by atoms with Crippen molar-refractivity contribution in [3.05, 3.63) is 70.4 Å². The van der Waals surface area contributed by atoms with Crippen LogP contribution in [0.1, 0.15) is 67.2 Å². The first-order valence-corrected chi connectivity index (χ1v) is 10.8. The van der Waals surface area contributed by atoms with Gasteiger partial charge in [0.05, 0.1) is 13.2 Å². The van der Waals surface area contributed by atoms with Gasteiger partial charge >= 0.3 is 5.97 Å². The highest BCUT2D eigenvalue weighted by atomic mass is 16.5.